The zero-order valence-corrected chi connectivity index (χ0v) is 18.9. The smallest absolute Gasteiger partial charge is 0.191 e. The number of aliphatic hydroxyl groups is 1. The summed E-state index contributed by atoms with van der Waals surface area (Å²) in [6, 6.07) is 6.22. The van der Waals surface area contributed by atoms with Crippen LogP contribution in [0.15, 0.2) is 23.2 Å². The molecule has 0 amide bonds. The van der Waals surface area contributed by atoms with Gasteiger partial charge in [-0.05, 0) is 49.8 Å². The molecule has 2 aliphatic heterocycles. The molecule has 0 radical (unpaired) electrons. The maximum atomic E-state index is 8.95. The van der Waals surface area contributed by atoms with Crippen LogP contribution in [-0.2, 0) is 11.3 Å². The first kappa shape index (κ1) is 23.6. The van der Waals surface area contributed by atoms with Crippen LogP contribution in [0.3, 0.4) is 0 Å². The topological polar surface area (TPSA) is 87.6 Å². The van der Waals surface area contributed by atoms with Crippen LogP contribution in [0, 0.1) is 5.92 Å². The van der Waals surface area contributed by atoms with Gasteiger partial charge >= 0.3 is 0 Å². The largest absolute Gasteiger partial charge is 0.493 e. The molecule has 8 heteroatoms. The van der Waals surface area contributed by atoms with Crippen LogP contribution in [0.2, 0.25) is 0 Å². The van der Waals surface area contributed by atoms with E-state index in [1.54, 1.807) is 7.11 Å². The quantitative estimate of drug-likeness (QED) is 0.381. The van der Waals surface area contributed by atoms with E-state index >= 15 is 0 Å². The standard InChI is InChI=1S/C23H38N4O4/c1-3-24-23(25-15-18-4-5-21(31-13-11-28)22(14-18)29-2)26-20-6-9-27(10-7-20)16-19-8-12-30-17-19/h4-5,14,19-20,28H,3,6-13,15-17H2,1-2H3,(H2,24,25,26). The van der Waals surface area contributed by atoms with E-state index in [-0.39, 0.29) is 13.2 Å². The van der Waals surface area contributed by atoms with Gasteiger partial charge in [-0.3, -0.25) is 0 Å². The number of hydrogen-bond donors (Lipinski definition) is 3. The van der Waals surface area contributed by atoms with E-state index in [9.17, 15) is 0 Å². The van der Waals surface area contributed by atoms with Gasteiger partial charge in [0, 0.05) is 38.8 Å². The van der Waals surface area contributed by atoms with Gasteiger partial charge in [0.1, 0.15) is 6.61 Å². The highest BCUT2D eigenvalue weighted by molar-refractivity contribution is 5.80. The highest BCUT2D eigenvalue weighted by Gasteiger charge is 2.24. The predicted octanol–water partition coefficient (Wildman–Crippen LogP) is 1.62. The maximum absolute atomic E-state index is 8.95. The summed E-state index contributed by atoms with van der Waals surface area (Å²) in [7, 11) is 1.62. The fourth-order valence-electron chi connectivity index (χ4n) is 4.12. The normalized spacial score (nSPS) is 20.6. The molecule has 1 atom stereocenters. The lowest BCUT2D eigenvalue weighted by molar-refractivity contribution is 0.150. The summed E-state index contributed by atoms with van der Waals surface area (Å²) in [6.07, 6.45) is 3.46. The van der Waals surface area contributed by atoms with Gasteiger partial charge in [-0.25, -0.2) is 4.99 Å². The van der Waals surface area contributed by atoms with Crippen molar-refractivity contribution in [2.24, 2.45) is 10.9 Å². The van der Waals surface area contributed by atoms with E-state index in [2.05, 4.69) is 22.5 Å². The van der Waals surface area contributed by atoms with Crippen molar-refractivity contribution in [2.45, 2.75) is 38.8 Å². The number of piperidine rings is 1. The van der Waals surface area contributed by atoms with Crippen molar-refractivity contribution >= 4 is 5.96 Å². The molecule has 1 aromatic carbocycles. The van der Waals surface area contributed by atoms with Crippen molar-refractivity contribution in [3.05, 3.63) is 23.8 Å². The van der Waals surface area contributed by atoms with Crippen LogP contribution in [-0.4, -0.2) is 81.7 Å². The Labute approximate surface area is 186 Å². The Bertz CT molecular complexity index is 686. The van der Waals surface area contributed by atoms with Crippen molar-refractivity contribution in [2.75, 3.05) is 59.7 Å². The van der Waals surface area contributed by atoms with Crippen molar-refractivity contribution in [3.63, 3.8) is 0 Å². The summed E-state index contributed by atoms with van der Waals surface area (Å²) in [5, 5.41) is 15.9. The summed E-state index contributed by atoms with van der Waals surface area (Å²) < 4.78 is 16.4. The van der Waals surface area contributed by atoms with E-state index in [1.807, 2.05) is 18.2 Å². The SMILES string of the molecule is CCNC(=NCc1ccc(OCCO)c(OC)c1)NC1CCN(CC2CCOC2)CC1. The molecule has 174 valence electrons. The number of nitrogens with one attached hydrogen (secondary N) is 2. The van der Waals surface area contributed by atoms with Gasteiger partial charge in [-0.2, -0.15) is 0 Å². The highest BCUT2D eigenvalue weighted by atomic mass is 16.5. The fourth-order valence-corrected chi connectivity index (χ4v) is 4.12. The molecule has 2 fully saturated rings. The molecule has 1 aromatic rings. The first-order valence-electron chi connectivity index (χ1n) is 11.5. The summed E-state index contributed by atoms with van der Waals surface area (Å²) in [4.78, 5) is 7.35. The Morgan fingerprint density at radius 2 is 2.10 bits per heavy atom. The van der Waals surface area contributed by atoms with Crippen LogP contribution >= 0.6 is 0 Å². The number of likely N-dealkylation sites (tertiary alicyclic amines) is 1. The number of aliphatic hydroxyl groups excluding tert-OH is 1. The lowest BCUT2D eigenvalue weighted by atomic mass is 10.0. The van der Waals surface area contributed by atoms with E-state index in [0.717, 1.165) is 57.2 Å². The number of hydrogen-bond acceptors (Lipinski definition) is 6. The Hall–Kier alpha value is -2.03. The van der Waals surface area contributed by atoms with E-state index in [4.69, 9.17) is 24.3 Å². The van der Waals surface area contributed by atoms with E-state index in [0.29, 0.717) is 30.0 Å². The molecular formula is C23H38N4O4. The number of guanidine groups is 1. The minimum absolute atomic E-state index is 0.0269. The first-order chi connectivity index (χ1) is 15.2. The third-order valence-electron chi connectivity index (χ3n) is 5.81. The molecule has 1 unspecified atom stereocenters. The van der Waals surface area contributed by atoms with Crippen molar-refractivity contribution < 1.29 is 19.3 Å². The monoisotopic (exact) mass is 434 g/mol. The van der Waals surface area contributed by atoms with Crippen LogP contribution in [0.25, 0.3) is 0 Å². The van der Waals surface area contributed by atoms with Crippen LogP contribution < -0.4 is 20.1 Å². The molecule has 3 rings (SSSR count). The number of methoxy groups -OCH3 is 1. The summed E-state index contributed by atoms with van der Waals surface area (Å²) in [6.45, 7) is 8.94. The fraction of sp³-hybridized carbons (Fsp3) is 0.696. The molecule has 2 saturated heterocycles. The van der Waals surface area contributed by atoms with Gasteiger partial charge in [-0.1, -0.05) is 6.07 Å². The van der Waals surface area contributed by atoms with Crippen LogP contribution in [0.4, 0.5) is 0 Å². The third kappa shape index (κ3) is 7.55. The Morgan fingerprint density at radius 1 is 1.26 bits per heavy atom. The minimum Gasteiger partial charge on any atom is -0.493 e. The van der Waals surface area contributed by atoms with Crippen molar-refractivity contribution in [3.8, 4) is 11.5 Å². The molecule has 0 aliphatic carbocycles. The second kappa shape index (κ2) is 12.7. The molecule has 2 heterocycles. The number of ether oxygens (including phenoxy) is 3. The second-order valence-corrected chi connectivity index (χ2v) is 8.20. The lowest BCUT2D eigenvalue weighted by Gasteiger charge is -2.34. The van der Waals surface area contributed by atoms with Gasteiger partial charge in [0.2, 0.25) is 0 Å². The van der Waals surface area contributed by atoms with Crippen molar-refractivity contribution in [1.82, 2.24) is 15.5 Å². The molecule has 31 heavy (non-hydrogen) atoms. The zero-order chi connectivity index (χ0) is 21.9. The molecule has 0 bridgehead atoms. The van der Waals surface area contributed by atoms with Gasteiger partial charge in [-0.15, -0.1) is 0 Å². The maximum Gasteiger partial charge on any atom is 0.191 e. The summed E-state index contributed by atoms with van der Waals surface area (Å²) in [5.74, 6) is 2.84. The highest BCUT2D eigenvalue weighted by Crippen LogP contribution is 2.28. The summed E-state index contributed by atoms with van der Waals surface area (Å²) in [5.41, 5.74) is 1.04. The Balaban J connectivity index is 1.50. The minimum atomic E-state index is -0.0269. The van der Waals surface area contributed by atoms with Gasteiger partial charge in [0.25, 0.3) is 0 Å². The second-order valence-electron chi connectivity index (χ2n) is 8.20. The van der Waals surface area contributed by atoms with Gasteiger partial charge in [0.05, 0.1) is 26.9 Å². The number of benzene rings is 1. The third-order valence-corrected chi connectivity index (χ3v) is 5.81. The number of rotatable bonds is 10. The average Bonchev–Trinajstić information content (AvgIpc) is 3.31. The zero-order valence-electron chi connectivity index (χ0n) is 18.9. The van der Waals surface area contributed by atoms with E-state index in [1.165, 1.54) is 13.0 Å². The molecule has 3 N–H and O–H groups in total. The molecule has 0 aromatic heterocycles. The first-order valence-corrected chi connectivity index (χ1v) is 11.5. The van der Waals surface area contributed by atoms with Gasteiger partial charge < -0.3 is 34.9 Å². The average molecular weight is 435 g/mol. The molecule has 0 spiro atoms. The van der Waals surface area contributed by atoms with Crippen LogP contribution in [0.5, 0.6) is 11.5 Å². The molecule has 0 saturated carbocycles. The Kier molecular flexibility index (Phi) is 9.71. The Morgan fingerprint density at radius 3 is 2.77 bits per heavy atom. The number of nitrogens with zero attached hydrogens (tertiary/aromatic N) is 2. The number of aliphatic imine (C=N–C) groups is 1. The lowest BCUT2D eigenvalue weighted by Crippen LogP contribution is -2.49. The molecular weight excluding hydrogens is 396 g/mol. The molecule has 8 nitrogen and oxygen atoms in total. The van der Waals surface area contributed by atoms with Crippen LogP contribution in [0.1, 0.15) is 31.7 Å². The van der Waals surface area contributed by atoms with E-state index < -0.39 is 0 Å². The van der Waals surface area contributed by atoms with Gasteiger partial charge in [0.15, 0.2) is 17.5 Å². The summed E-state index contributed by atoms with van der Waals surface area (Å²) >= 11 is 0. The predicted molar refractivity (Wildman–Crippen MR) is 122 cm³/mol. The van der Waals surface area contributed by atoms with Crippen molar-refractivity contribution in [1.29, 1.82) is 0 Å². The molecule has 2 aliphatic rings.